The molecule has 4 nitrogen and oxygen atoms in total. The summed E-state index contributed by atoms with van der Waals surface area (Å²) in [5, 5.41) is 3.23. The molecular weight excluding hydrogens is 168 g/mol. The van der Waals surface area contributed by atoms with Crippen molar-refractivity contribution in [3.8, 4) is 0 Å². The molecule has 1 aliphatic heterocycles. The van der Waals surface area contributed by atoms with Crippen molar-refractivity contribution in [3.05, 3.63) is 0 Å². The van der Waals surface area contributed by atoms with E-state index in [9.17, 15) is 4.79 Å². The van der Waals surface area contributed by atoms with Crippen LogP contribution >= 0.6 is 0 Å². The Bertz CT molecular complexity index is 165. The van der Waals surface area contributed by atoms with E-state index in [1.54, 1.807) is 19.0 Å². The summed E-state index contributed by atoms with van der Waals surface area (Å²) in [6, 6.07) is 0.456. The summed E-state index contributed by atoms with van der Waals surface area (Å²) in [6.07, 6.45) is 2.03. The maximum Gasteiger partial charge on any atom is 0.236 e. The molecule has 13 heavy (non-hydrogen) atoms. The lowest BCUT2D eigenvalue weighted by molar-refractivity contribution is -0.128. The van der Waals surface area contributed by atoms with Gasteiger partial charge in [0.1, 0.15) is 0 Å². The van der Waals surface area contributed by atoms with E-state index >= 15 is 0 Å². The predicted molar refractivity (Wildman–Crippen MR) is 50.5 cm³/mol. The average Bonchev–Trinajstić information content (AvgIpc) is 2.15. The highest BCUT2D eigenvalue weighted by Crippen LogP contribution is 2.05. The Labute approximate surface area is 79.2 Å². The Morgan fingerprint density at radius 3 is 2.62 bits per heavy atom. The van der Waals surface area contributed by atoms with Gasteiger partial charge in [0.15, 0.2) is 0 Å². The lowest BCUT2D eigenvalue weighted by Gasteiger charge is -2.23. The number of hydrogen-bond donors (Lipinski definition) is 1. The van der Waals surface area contributed by atoms with Gasteiger partial charge in [0.05, 0.1) is 6.54 Å². The molecule has 1 heterocycles. The van der Waals surface area contributed by atoms with Crippen LogP contribution < -0.4 is 5.32 Å². The van der Waals surface area contributed by atoms with Crippen molar-refractivity contribution in [2.24, 2.45) is 0 Å². The third-order valence-electron chi connectivity index (χ3n) is 2.26. The highest BCUT2D eigenvalue weighted by Gasteiger charge is 2.14. The largest absolute Gasteiger partial charge is 0.381 e. The molecule has 0 atom stereocenters. The van der Waals surface area contributed by atoms with Crippen molar-refractivity contribution in [3.63, 3.8) is 0 Å². The molecule has 0 unspecified atom stereocenters. The van der Waals surface area contributed by atoms with Crippen LogP contribution in [-0.4, -0.2) is 50.7 Å². The fourth-order valence-electron chi connectivity index (χ4n) is 1.29. The van der Waals surface area contributed by atoms with Gasteiger partial charge in [-0.15, -0.1) is 0 Å². The van der Waals surface area contributed by atoms with Crippen molar-refractivity contribution >= 4 is 5.91 Å². The second-order valence-corrected chi connectivity index (χ2v) is 3.56. The molecule has 0 bridgehead atoms. The van der Waals surface area contributed by atoms with Gasteiger partial charge >= 0.3 is 0 Å². The van der Waals surface area contributed by atoms with Crippen molar-refractivity contribution in [1.82, 2.24) is 10.2 Å². The summed E-state index contributed by atoms with van der Waals surface area (Å²) >= 11 is 0. The second-order valence-electron chi connectivity index (χ2n) is 3.56. The van der Waals surface area contributed by atoms with Crippen molar-refractivity contribution in [1.29, 1.82) is 0 Å². The van der Waals surface area contributed by atoms with Gasteiger partial charge in [-0.3, -0.25) is 4.79 Å². The number of nitrogens with zero attached hydrogens (tertiary/aromatic N) is 1. The Morgan fingerprint density at radius 2 is 2.08 bits per heavy atom. The molecule has 4 heteroatoms. The zero-order valence-corrected chi connectivity index (χ0v) is 8.38. The summed E-state index contributed by atoms with van der Waals surface area (Å²) in [5.41, 5.74) is 0. The molecule has 1 fully saturated rings. The standard InChI is InChI=1S/C9H18N2O2/c1-11(2)9(12)7-10-8-3-5-13-6-4-8/h8,10H,3-7H2,1-2H3. The molecule has 0 aliphatic carbocycles. The fraction of sp³-hybridized carbons (Fsp3) is 0.889. The molecule has 0 aromatic heterocycles. The van der Waals surface area contributed by atoms with Gasteiger partial charge in [0.25, 0.3) is 0 Å². The zero-order valence-electron chi connectivity index (χ0n) is 8.38. The van der Waals surface area contributed by atoms with Crippen molar-refractivity contribution in [2.45, 2.75) is 18.9 Å². The molecule has 1 N–H and O–H groups in total. The Hall–Kier alpha value is -0.610. The van der Waals surface area contributed by atoms with Gasteiger partial charge in [-0.05, 0) is 12.8 Å². The minimum Gasteiger partial charge on any atom is -0.381 e. The average molecular weight is 186 g/mol. The van der Waals surface area contributed by atoms with E-state index in [-0.39, 0.29) is 5.91 Å². The molecule has 1 rings (SSSR count). The second kappa shape index (κ2) is 5.19. The van der Waals surface area contributed by atoms with E-state index in [1.165, 1.54) is 0 Å². The van der Waals surface area contributed by atoms with Gasteiger partial charge in [-0.1, -0.05) is 0 Å². The van der Waals surface area contributed by atoms with Crippen LogP contribution in [-0.2, 0) is 9.53 Å². The number of hydrogen-bond acceptors (Lipinski definition) is 3. The van der Waals surface area contributed by atoms with Crippen LogP contribution in [0.1, 0.15) is 12.8 Å². The van der Waals surface area contributed by atoms with E-state index in [4.69, 9.17) is 4.74 Å². The lowest BCUT2D eigenvalue weighted by atomic mass is 10.1. The first-order valence-electron chi connectivity index (χ1n) is 4.71. The zero-order chi connectivity index (χ0) is 9.68. The topological polar surface area (TPSA) is 41.6 Å². The van der Waals surface area contributed by atoms with Gasteiger partial charge < -0.3 is 15.0 Å². The number of ether oxygens (including phenoxy) is 1. The van der Waals surface area contributed by atoms with Crippen LogP contribution in [0.25, 0.3) is 0 Å². The first-order valence-corrected chi connectivity index (χ1v) is 4.71. The first-order chi connectivity index (χ1) is 6.20. The van der Waals surface area contributed by atoms with Crippen LogP contribution in [0, 0.1) is 0 Å². The van der Waals surface area contributed by atoms with E-state index in [2.05, 4.69) is 5.32 Å². The lowest BCUT2D eigenvalue weighted by Crippen LogP contribution is -2.41. The number of likely N-dealkylation sites (N-methyl/N-ethyl adjacent to an activating group) is 1. The summed E-state index contributed by atoms with van der Waals surface area (Å²) in [7, 11) is 3.54. The Morgan fingerprint density at radius 1 is 1.46 bits per heavy atom. The molecule has 0 radical (unpaired) electrons. The molecule has 1 aliphatic rings. The highest BCUT2D eigenvalue weighted by atomic mass is 16.5. The Kier molecular flexibility index (Phi) is 4.18. The maximum atomic E-state index is 11.2. The molecule has 76 valence electrons. The third-order valence-corrected chi connectivity index (χ3v) is 2.26. The van der Waals surface area contributed by atoms with Crippen LogP contribution in [0.5, 0.6) is 0 Å². The predicted octanol–water partition coefficient (Wildman–Crippen LogP) is -0.157. The molecule has 0 aromatic carbocycles. The highest BCUT2D eigenvalue weighted by molar-refractivity contribution is 5.77. The summed E-state index contributed by atoms with van der Waals surface area (Å²) in [6.45, 7) is 2.07. The third kappa shape index (κ3) is 3.74. The van der Waals surface area contributed by atoms with E-state index in [0.29, 0.717) is 12.6 Å². The van der Waals surface area contributed by atoms with Gasteiger partial charge in [0.2, 0.25) is 5.91 Å². The first kappa shape index (κ1) is 10.5. The number of carbonyl (C=O) groups excluding carboxylic acids is 1. The molecule has 1 saturated heterocycles. The number of rotatable bonds is 3. The minimum absolute atomic E-state index is 0.131. The number of amides is 1. The molecular formula is C9H18N2O2. The van der Waals surface area contributed by atoms with Crippen LogP contribution in [0.2, 0.25) is 0 Å². The Balaban J connectivity index is 2.13. The quantitative estimate of drug-likeness (QED) is 0.666. The monoisotopic (exact) mass is 186 g/mol. The normalized spacial score (nSPS) is 18.6. The summed E-state index contributed by atoms with van der Waals surface area (Å²) in [4.78, 5) is 12.8. The fourth-order valence-corrected chi connectivity index (χ4v) is 1.29. The summed E-state index contributed by atoms with van der Waals surface area (Å²) < 4.78 is 5.22. The van der Waals surface area contributed by atoms with Crippen molar-refractivity contribution in [2.75, 3.05) is 33.9 Å². The molecule has 1 amide bonds. The van der Waals surface area contributed by atoms with Crippen LogP contribution in [0.4, 0.5) is 0 Å². The SMILES string of the molecule is CN(C)C(=O)CNC1CCOCC1. The van der Waals surface area contributed by atoms with E-state index < -0.39 is 0 Å². The van der Waals surface area contributed by atoms with E-state index in [0.717, 1.165) is 26.1 Å². The van der Waals surface area contributed by atoms with E-state index in [1.807, 2.05) is 0 Å². The number of nitrogens with one attached hydrogen (secondary N) is 1. The van der Waals surface area contributed by atoms with Gasteiger partial charge in [-0.25, -0.2) is 0 Å². The van der Waals surface area contributed by atoms with Gasteiger partial charge in [-0.2, -0.15) is 0 Å². The number of carbonyl (C=O) groups is 1. The summed E-state index contributed by atoms with van der Waals surface area (Å²) in [5.74, 6) is 0.131. The minimum atomic E-state index is 0.131. The van der Waals surface area contributed by atoms with Crippen LogP contribution in [0.3, 0.4) is 0 Å². The maximum absolute atomic E-state index is 11.2. The van der Waals surface area contributed by atoms with Gasteiger partial charge in [0, 0.05) is 33.4 Å². The smallest absolute Gasteiger partial charge is 0.236 e. The molecule has 0 spiro atoms. The molecule has 0 aromatic rings. The van der Waals surface area contributed by atoms with Crippen LogP contribution in [0.15, 0.2) is 0 Å². The molecule has 0 saturated carbocycles. The van der Waals surface area contributed by atoms with Crippen molar-refractivity contribution < 1.29 is 9.53 Å².